The third-order valence-corrected chi connectivity index (χ3v) is 1.52. The van der Waals surface area contributed by atoms with Crippen molar-refractivity contribution in [2.45, 2.75) is 6.92 Å². The zero-order valence-electron chi connectivity index (χ0n) is 3.76. The molecule has 0 radical (unpaired) electrons. The van der Waals surface area contributed by atoms with Crippen LogP contribution < -0.4 is 0 Å². The highest BCUT2D eigenvalue weighted by atomic mass is 31.2. The van der Waals surface area contributed by atoms with Gasteiger partial charge in [0.15, 0.2) is 0 Å². The average Bonchev–Trinajstić information content (AvgIpc) is 1.35. The first kappa shape index (κ1) is 6.22. The molecule has 3 heteroatoms. The monoisotopic (exact) mass is 108 g/mol. The first-order valence-electron chi connectivity index (χ1n) is 1.74. The van der Waals surface area contributed by atoms with Gasteiger partial charge in [0.1, 0.15) is 7.34 Å². The molecule has 0 saturated carbocycles. The summed E-state index contributed by atoms with van der Waals surface area (Å²) < 4.78 is 0. The summed E-state index contributed by atoms with van der Waals surface area (Å²) in [5, 5.41) is 0. The van der Waals surface area contributed by atoms with Gasteiger partial charge in [-0.05, 0) is 0 Å². The molecule has 2 N–H and O–H groups in total. The number of hydrogen-bond acceptors (Lipinski definition) is 2. The molecule has 0 aromatic carbocycles. The minimum Gasteiger partial charge on any atom is -0.353 e. The Morgan fingerprint density at radius 3 is 1.83 bits per heavy atom. The molecule has 0 heterocycles. The fourth-order valence-electron chi connectivity index (χ4n) is 0. The Balaban J connectivity index is 3.48. The molecule has 0 aromatic rings. The van der Waals surface area contributed by atoms with Crippen LogP contribution in [-0.4, -0.2) is 22.2 Å². The van der Waals surface area contributed by atoms with E-state index in [2.05, 4.69) is 6.30 Å². The van der Waals surface area contributed by atoms with Crippen LogP contribution in [0.25, 0.3) is 0 Å². The van der Waals surface area contributed by atoms with Crippen LogP contribution in [0.4, 0.5) is 0 Å². The molecule has 0 atom stereocenters. The van der Waals surface area contributed by atoms with E-state index in [-0.39, 0.29) is 0 Å². The predicted molar refractivity (Wildman–Crippen MR) is 29.0 cm³/mol. The lowest BCUT2D eigenvalue weighted by atomic mass is 11.0. The van der Waals surface area contributed by atoms with Crippen LogP contribution in [0.15, 0.2) is 0 Å². The van der Waals surface area contributed by atoms with E-state index in [0.717, 1.165) is 0 Å². The fraction of sp³-hybridized carbons (Fsp3) is 0.667. The van der Waals surface area contributed by atoms with Gasteiger partial charge < -0.3 is 9.79 Å². The Bertz CT molecular complexity index is 72.9. The zero-order chi connectivity index (χ0) is 5.21. The third-order valence-electron chi connectivity index (χ3n) is 0.506. The van der Waals surface area contributed by atoms with Crippen LogP contribution in [0, 0.1) is 0 Å². The molecule has 0 aliphatic heterocycles. The van der Waals surface area contributed by atoms with Gasteiger partial charge in [0.2, 0.25) is 0 Å². The van der Waals surface area contributed by atoms with E-state index in [1.54, 1.807) is 6.92 Å². The van der Waals surface area contributed by atoms with Crippen LogP contribution in [0.1, 0.15) is 6.92 Å². The van der Waals surface area contributed by atoms with Gasteiger partial charge in [-0.2, -0.15) is 0 Å². The molecule has 0 unspecified atom stereocenters. The van der Waals surface area contributed by atoms with Gasteiger partial charge in [0.05, 0.1) is 0 Å². The van der Waals surface area contributed by atoms with Crippen molar-refractivity contribution < 1.29 is 9.79 Å². The summed E-state index contributed by atoms with van der Waals surface area (Å²) in [5.41, 5.74) is 0. The normalized spacial score (nSPS) is 11.8. The van der Waals surface area contributed by atoms with Gasteiger partial charge in [-0.15, -0.1) is 0 Å². The molecule has 0 rings (SSSR count). The molecule has 0 bridgehead atoms. The quantitative estimate of drug-likeness (QED) is 0.473. The standard InChI is InChI=1S/C3H9O2P/c1-3-6(2,4)5/h4-5H,2-3H2,1H3. The first-order chi connectivity index (χ1) is 2.56. The van der Waals surface area contributed by atoms with Gasteiger partial charge in [-0.1, -0.05) is 13.2 Å². The molecule has 0 aromatic heterocycles. The molecule has 0 aliphatic carbocycles. The van der Waals surface area contributed by atoms with E-state index >= 15 is 0 Å². The molecule has 0 fully saturated rings. The van der Waals surface area contributed by atoms with Crippen molar-refractivity contribution in [2.75, 3.05) is 6.16 Å². The summed E-state index contributed by atoms with van der Waals surface area (Å²) in [6, 6.07) is 0. The molecule has 0 saturated heterocycles. The van der Waals surface area contributed by atoms with E-state index in [1.165, 1.54) is 0 Å². The molecule has 0 aliphatic rings. The summed E-state index contributed by atoms with van der Waals surface area (Å²) in [4.78, 5) is 16.8. The van der Waals surface area contributed by atoms with Gasteiger partial charge in [0, 0.05) is 6.16 Å². The van der Waals surface area contributed by atoms with Crippen molar-refractivity contribution in [1.29, 1.82) is 0 Å². The van der Waals surface area contributed by atoms with Crippen LogP contribution >= 0.6 is 7.34 Å². The fourth-order valence-corrected chi connectivity index (χ4v) is 0. The summed E-state index contributed by atoms with van der Waals surface area (Å²) in [6.45, 7) is 1.70. The lowest BCUT2D eigenvalue weighted by molar-refractivity contribution is 0.478. The Labute approximate surface area is 37.6 Å². The molecular weight excluding hydrogens is 99.0 g/mol. The third kappa shape index (κ3) is 4.22. The molecule has 0 amide bonds. The van der Waals surface area contributed by atoms with Crippen molar-refractivity contribution in [1.82, 2.24) is 0 Å². The topological polar surface area (TPSA) is 40.5 Å². The van der Waals surface area contributed by atoms with Crippen LogP contribution in [-0.2, 0) is 0 Å². The van der Waals surface area contributed by atoms with E-state index in [0.29, 0.717) is 6.16 Å². The zero-order valence-corrected chi connectivity index (χ0v) is 4.65. The summed E-state index contributed by atoms with van der Waals surface area (Å²) in [7, 11) is -2.65. The lowest BCUT2D eigenvalue weighted by Gasteiger charge is -2.01. The summed E-state index contributed by atoms with van der Waals surface area (Å²) >= 11 is 0. The number of hydrogen-bond donors (Lipinski definition) is 2. The van der Waals surface area contributed by atoms with Gasteiger partial charge in [-0.3, -0.25) is 0 Å². The lowest BCUT2D eigenvalue weighted by Crippen LogP contribution is -1.77. The van der Waals surface area contributed by atoms with Crippen LogP contribution in [0.3, 0.4) is 0 Å². The van der Waals surface area contributed by atoms with Gasteiger partial charge in [0.25, 0.3) is 0 Å². The SMILES string of the molecule is C=P(O)(O)CC. The second-order valence-corrected chi connectivity index (χ2v) is 3.58. The van der Waals surface area contributed by atoms with Crippen molar-refractivity contribution in [3.8, 4) is 0 Å². The van der Waals surface area contributed by atoms with E-state index in [1.807, 2.05) is 0 Å². The average molecular weight is 108 g/mol. The molecule has 6 heavy (non-hydrogen) atoms. The highest BCUT2D eigenvalue weighted by Crippen LogP contribution is 2.31. The van der Waals surface area contributed by atoms with E-state index in [4.69, 9.17) is 9.79 Å². The minimum absolute atomic E-state index is 0.382. The summed E-state index contributed by atoms with van der Waals surface area (Å²) in [6.07, 6.45) is 3.49. The highest BCUT2D eigenvalue weighted by Gasteiger charge is 1.94. The second kappa shape index (κ2) is 1.78. The Morgan fingerprint density at radius 2 is 1.83 bits per heavy atom. The summed E-state index contributed by atoms with van der Waals surface area (Å²) in [5.74, 6) is 0. The number of rotatable bonds is 1. The highest BCUT2D eigenvalue weighted by molar-refractivity contribution is 7.62. The first-order valence-corrected chi connectivity index (χ1v) is 3.80. The van der Waals surface area contributed by atoms with Gasteiger partial charge >= 0.3 is 0 Å². The molecule has 38 valence electrons. The van der Waals surface area contributed by atoms with Crippen molar-refractivity contribution in [2.24, 2.45) is 0 Å². The Morgan fingerprint density at radius 1 is 1.67 bits per heavy atom. The molecule has 0 spiro atoms. The molecule has 2 nitrogen and oxygen atoms in total. The van der Waals surface area contributed by atoms with Crippen molar-refractivity contribution in [3.05, 3.63) is 0 Å². The van der Waals surface area contributed by atoms with Gasteiger partial charge in [-0.25, -0.2) is 0 Å². The maximum atomic E-state index is 8.38. The Hall–Kier alpha value is 0.220. The maximum Gasteiger partial charge on any atom is 0.111 e. The van der Waals surface area contributed by atoms with Crippen molar-refractivity contribution >= 4 is 13.6 Å². The van der Waals surface area contributed by atoms with Crippen LogP contribution in [0.5, 0.6) is 0 Å². The van der Waals surface area contributed by atoms with E-state index < -0.39 is 7.34 Å². The van der Waals surface area contributed by atoms with E-state index in [9.17, 15) is 0 Å². The molecular formula is C3H9O2P. The minimum atomic E-state index is -2.65. The Kier molecular flexibility index (Phi) is 1.85. The maximum absolute atomic E-state index is 8.38. The van der Waals surface area contributed by atoms with Crippen molar-refractivity contribution in [3.63, 3.8) is 0 Å². The van der Waals surface area contributed by atoms with Crippen LogP contribution in [0.2, 0.25) is 0 Å². The largest absolute Gasteiger partial charge is 0.353 e. The smallest absolute Gasteiger partial charge is 0.111 e. The predicted octanol–water partition coefficient (Wildman–Crippen LogP) is 0.270. The second-order valence-electron chi connectivity index (χ2n) is 1.19.